The number of halogens is 2. The molecule has 5 heteroatoms. The fourth-order valence-corrected chi connectivity index (χ4v) is 1.71. The number of nitrogens with two attached hydrogens (primary N) is 1. The molecule has 2 aromatic rings. The zero-order valence-corrected chi connectivity index (χ0v) is 11.0. The summed E-state index contributed by atoms with van der Waals surface area (Å²) in [6, 6.07) is 8.28. The first-order valence-corrected chi connectivity index (χ1v) is 6.28. The summed E-state index contributed by atoms with van der Waals surface area (Å²) in [4.78, 5) is 4.21. The van der Waals surface area contributed by atoms with Crippen molar-refractivity contribution in [2.45, 2.75) is 13.0 Å². The van der Waals surface area contributed by atoms with Crippen molar-refractivity contribution in [3.63, 3.8) is 0 Å². The molecule has 19 heavy (non-hydrogen) atoms. The van der Waals surface area contributed by atoms with Gasteiger partial charge in [-0.1, -0.05) is 17.7 Å². The van der Waals surface area contributed by atoms with Crippen LogP contribution >= 0.6 is 11.6 Å². The Morgan fingerprint density at radius 1 is 1.26 bits per heavy atom. The molecule has 0 bridgehead atoms. The smallest absolute Gasteiger partial charge is 0.142 e. The second-order valence-corrected chi connectivity index (χ2v) is 4.47. The van der Waals surface area contributed by atoms with Gasteiger partial charge in [-0.25, -0.2) is 4.39 Å². The predicted molar refractivity (Wildman–Crippen MR) is 72.7 cm³/mol. The highest BCUT2D eigenvalue weighted by atomic mass is 35.5. The molecule has 0 atom stereocenters. The van der Waals surface area contributed by atoms with Gasteiger partial charge in [0.1, 0.15) is 18.2 Å². The van der Waals surface area contributed by atoms with Crippen molar-refractivity contribution >= 4 is 11.6 Å². The van der Waals surface area contributed by atoms with E-state index < -0.39 is 5.82 Å². The highest BCUT2D eigenvalue weighted by Gasteiger charge is 2.02. The third-order valence-electron chi connectivity index (χ3n) is 2.59. The Morgan fingerprint density at radius 2 is 2.11 bits per heavy atom. The van der Waals surface area contributed by atoms with E-state index in [1.807, 2.05) is 12.1 Å². The van der Waals surface area contributed by atoms with Gasteiger partial charge in [-0.15, -0.1) is 0 Å². The van der Waals surface area contributed by atoms with Crippen LogP contribution in [0.25, 0.3) is 0 Å². The van der Waals surface area contributed by atoms with Crippen molar-refractivity contribution in [3.05, 3.63) is 58.6 Å². The lowest BCUT2D eigenvalue weighted by molar-refractivity contribution is 0.304. The second kappa shape index (κ2) is 6.50. The lowest BCUT2D eigenvalue weighted by Gasteiger charge is -2.07. The Balaban J connectivity index is 1.96. The number of hydrogen-bond acceptors (Lipinski definition) is 3. The molecule has 0 unspecified atom stereocenters. The van der Waals surface area contributed by atoms with E-state index in [1.165, 1.54) is 12.1 Å². The molecule has 0 radical (unpaired) electrons. The largest absolute Gasteiger partial charge is 0.487 e. The molecule has 1 heterocycles. The normalized spacial score (nSPS) is 10.5. The summed E-state index contributed by atoms with van der Waals surface area (Å²) in [5, 5.41) is 0.108. The van der Waals surface area contributed by atoms with Crippen LogP contribution in [0, 0.1) is 5.82 Å². The number of nitrogens with zero attached hydrogens (tertiary/aromatic N) is 1. The van der Waals surface area contributed by atoms with Gasteiger partial charge in [0.05, 0.1) is 11.2 Å². The fraction of sp³-hybridized carbons (Fsp3) is 0.214. The van der Waals surface area contributed by atoms with E-state index in [0.29, 0.717) is 17.9 Å². The van der Waals surface area contributed by atoms with Gasteiger partial charge in [-0.2, -0.15) is 0 Å². The first kappa shape index (κ1) is 13.8. The summed E-state index contributed by atoms with van der Waals surface area (Å²) in [6.45, 7) is 0.837. The van der Waals surface area contributed by atoms with Crippen LogP contribution in [0.4, 0.5) is 4.39 Å². The van der Waals surface area contributed by atoms with E-state index in [4.69, 9.17) is 22.1 Å². The van der Waals surface area contributed by atoms with Crippen LogP contribution in [0.1, 0.15) is 11.3 Å². The van der Waals surface area contributed by atoms with Crippen LogP contribution in [-0.2, 0) is 13.0 Å². The fourth-order valence-electron chi connectivity index (χ4n) is 1.59. The summed E-state index contributed by atoms with van der Waals surface area (Å²) >= 11 is 5.61. The Bertz CT molecular complexity index is 546. The van der Waals surface area contributed by atoms with Crippen molar-refractivity contribution < 1.29 is 9.13 Å². The maximum atomic E-state index is 13.2. The van der Waals surface area contributed by atoms with Crippen molar-refractivity contribution in [3.8, 4) is 5.75 Å². The van der Waals surface area contributed by atoms with Gasteiger partial charge in [0.25, 0.3) is 0 Å². The SMILES string of the molecule is NCCc1ccc(OCc2ccc(Cl)c(F)c2)cn1. The van der Waals surface area contributed by atoms with Gasteiger partial charge in [0.2, 0.25) is 0 Å². The standard InChI is InChI=1S/C14H14ClFN2O/c15-13-4-1-10(7-14(13)16)9-19-12-3-2-11(5-6-17)18-8-12/h1-4,7-8H,5-6,9,17H2. The van der Waals surface area contributed by atoms with Crippen LogP contribution in [0.3, 0.4) is 0 Å². The molecular formula is C14H14ClFN2O. The van der Waals surface area contributed by atoms with E-state index in [0.717, 1.165) is 12.1 Å². The van der Waals surface area contributed by atoms with E-state index >= 15 is 0 Å². The molecule has 0 aliphatic carbocycles. The third-order valence-corrected chi connectivity index (χ3v) is 2.89. The lowest BCUT2D eigenvalue weighted by atomic mass is 10.2. The molecule has 1 aromatic carbocycles. The van der Waals surface area contributed by atoms with Crippen molar-refractivity contribution in [2.75, 3.05) is 6.54 Å². The Morgan fingerprint density at radius 3 is 2.74 bits per heavy atom. The van der Waals surface area contributed by atoms with Crippen molar-refractivity contribution in [1.29, 1.82) is 0 Å². The topological polar surface area (TPSA) is 48.1 Å². The summed E-state index contributed by atoms with van der Waals surface area (Å²) < 4.78 is 18.7. The van der Waals surface area contributed by atoms with Gasteiger partial charge >= 0.3 is 0 Å². The quantitative estimate of drug-likeness (QED) is 0.916. The van der Waals surface area contributed by atoms with E-state index in [9.17, 15) is 4.39 Å². The van der Waals surface area contributed by atoms with Crippen LogP contribution in [-0.4, -0.2) is 11.5 Å². The number of aromatic nitrogens is 1. The highest BCUT2D eigenvalue weighted by Crippen LogP contribution is 2.17. The Labute approximate surface area is 116 Å². The average Bonchev–Trinajstić information content (AvgIpc) is 2.42. The van der Waals surface area contributed by atoms with Gasteiger partial charge in [0.15, 0.2) is 0 Å². The van der Waals surface area contributed by atoms with Gasteiger partial charge < -0.3 is 10.5 Å². The van der Waals surface area contributed by atoms with Gasteiger partial charge in [-0.3, -0.25) is 4.98 Å². The molecule has 3 nitrogen and oxygen atoms in total. The summed E-state index contributed by atoms with van der Waals surface area (Å²) in [5.74, 6) is 0.190. The molecule has 0 saturated carbocycles. The van der Waals surface area contributed by atoms with Crippen LogP contribution in [0.15, 0.2) is 36.5 Å². The minimum Gasteiger partial charge on any atom is -0.487 e. The Hall–Kier alpha value is -1.65. The van der Waals surface area contributed by atoms with Gasteiger partial charge in [-0.05, 0) is 36.4 Å². The molecule has 1 aromatic heterocycles. The maximum Gasteiger partial charge on any atom is 0.142 e. The van der Waals surface area contributed by atoms with Crippen molar-refractivity contribution in [2.24, 2.45) is 5.73 Å². The minimum atomic E-state index is -0.445. The maximum absolute atomic E-state index is 13.2. The molecule has 100 valence electrons. The van der Waals surface area contributed by atoms with Crippen molar-refractivity contribution in [1.82, 2.24) is 4.98 Å². The highest BCUT2D eigenvalue weighted by molar-refractivity contribution is 6.30. The second-order valence-electron chi connectivity index (χ2n) is 4.06. The number of hydrogen-bond donors (Lipinski definition) is 1. The van der Waals surface area contributed by atoms with Crippen LogP contribution in [0.2, 0.25) is 5.02 Å². The zero-order valence-electron chi connectivity index (χ0n) is 10.3. The zero-order chi connectivity index (χ0) is 13.7. The average molecular weight is 281 g/mol. The first-order chi connectivity index (χ1) is 9.19. The molecule has 0 saturated heterocycles. The monoisotopic (exact) mass is 280 g/mol. The molecule has 0 spiro atoms. The number of pyridine rings is 1. The summed E-state index contributed by atoms with van der Waals surface area (Å²) in [5.41, 5.74) is 7.08. The summed E-state index contributed by atoms with van der Waals surface area (Å²) in [7, 11) is 0. The molecular weight excluding hydrogens is 267 g/mol. The van der Waals surface area contributed by atoms with E-state index in [2.05, 4.69) is 4.98 Å². The number of rotatable bonds is 5. The van der Waals surface area contributed by atoms with Gasteiger partial charge in [0, 0.05) is 12.1 Å². The van der Waals surface area contributed by atoms with Crippen LogP contribution < -0.4 is 10.5 Å². The molecule has 0 amide bonds. The molecule has 0 aliphatic rings. The predicted octanol–water partition coefficient (Wildman–Crippen LogP) is 2.95. The molecule has 2 N–H and O–H groups in total. The molecule has 2 rings (SSSR count). The molecule has 0 fully saturated rings. The minimum absolute atomic E-state index is 0.108. The van der Waals surface area contributed by atoms with E-state index in [-0.39, 0.29) is 11.6 Å². The molecule has 0 aliphatic heterocycles. The van der Waals surface area contributed by atoms with Crippen LogP contribution in [0.5, 0.6) is 5.75 Å². The summed E-state index contributed by atoms with van der Waals surface area (Å²) in [6.07, 6.45) is 2.37. The third kappa shape index (κ3) is 3.91. The van der Waals surface area contributed by atoms with E-state index in [1.54, 1.807) is 12.3 Å². The number of ether oxygens (including phenoxy) is 1. The first-order valence-electron chi connectivity index (χ1n) is 5.91. The lowest BCUT2D eigenvalue weighted by Crippen LogP contribution is -2.04. The Kier molecular flexibility index (Phi) is 4.71. The number of benzene rings is 1.